The van der Waals surface area contributed by atoms with Gasteiger partial charge in [0.15, 0.2) is 0 Å². The highest BCUT2D eigenvalue weighted by Crippen LogP contribution is 2.18. The summed E-state index contributed by atoms with van der Waals surface area (Å²) in [6.07, 6.45) is 4.07. The molecule has 0 radical (unpaired) electrons. The van der Waals surface area contributed by atoms with Crippen molar-refractivity contribution in [3.8, 4) is 11.6 Å². The highest BCUT2D eigenvalue weighted by atomic mass is 16.5. The van der Waals surface area contributed by atoms with Crippen LogP contribution in [0.2, 0.25) is 0 Å². The number of ether oxygens (including phenoxy) is 2. The van der Waals surface area contributed by atoms with Crippen LogP contribution < -0.4 is 14.8 Å². The van der Waals surface area contributed by atoms with Gasteiger partial charge in [0.25, 0.3) is 0 Å². The lowest BCUT2D eigenvalue weighted by molar-refractivity contribution is 0.155. The summed E-state index contributed by atoms with van der Waals surface area (Å²) >= 11 is 0. The lowest BCUT2D eigenvalue weighted by Gasteiger charge is -2.23. The van der Waals surface area contributed by atoms with Crippen LogP contribution >= 0.6 is 0 Å². The van der Waals surface area contributed by atoms with Gasteiger partial charge in [-0.05, 0) is 32.0 Å². The number of nitrogens with zero attached hydrogens (tertiary/aromatic N) is 1. The molecule has 0 saturated carbocycles. The first-order chi connectivity index (χ1) is 7.38. The van der Waals surface area contributed by atoms with E-state index in [9.17, 15) is 0 Å². The normalized spacial score (nSPS) is 17.4. The maximum atomic E-state index is 5.77. The van der Waals surface area contributed by atoms with E-state index in [-0.39, 0.29) is 6.10 Å². The molecule has 2 rings (SSSR count). The van der Waals surface area contributed by atoms with Crippen LogP contribution in [0.15, 0.2) is 18.3 Å². The second-order valence-electron chi connectivity index (χ2n) is 3.60. The minimum atomic E-state index is 0.283. The molecular formula is C11H16N2O2. The summed E-state index contributed by atoms with van der Waals surface area (Å²) < 4.78 is 10.9. The Hall–Kier alpha value is -1.29. The van der Waals surface area contributed by atoms with E-state index in [0.717, 1.165) is 31.7 Å². The predicted molar refractivity (Wildman–Crippen MR) is 57.3 cm³/mol. The molecule has 1 aliphatic rings. The van der Waals surface area contributed by atoms with Crippen LogP contribution in [0, 0.1) is 0 Å². The van der Waals surface area contributed by atoms with E-state index < -0.39 is 0 Å². The number of hydrogen-bond donors (Lipinski definition) is 1. The Morgan fingerprint density at radius 1 is 1.40 bits per heavy atom. The van der Waals surface area contributed by atoms with E-state index in [1.54, 1.807) is 13.3 Å². The zero-order chi connectivity index (χ0) is 10.5. The summed E-state index contributed by atoms with van der Waals surface area (Å²) in [6, 6.07) is 3.64. The second-order valence-corrected chi connectivity index (χ2v) is 3.60. The molecule has 0 spiro atoms. The number of rotatable bonds is 3. The van der Waals surface area contributed by atoms with E-state index >= 15 is 0 Å². The van der Waals surface area contributed by atoms with Crippen molar-refractivity contribution in [3.05, 3.63) is 18.3 Å². The molecule has 0 unspecified atom stereocenters. The van der Waals surface area contributed by atoms with Crippen LogP contribution in [0.3, 0.4) is 0 Å². The molecule has 2 heterocycles. The summed E-state index contributed by atoms with van der Waals surface area (Å²) in [5.74, 6) is 1.44. The molecular weight excluding hydrogens is 192 g/mol. The molecule has 4 heteroatoms. The summed E-state index contributed by atoms with van der Waals surface area (Å²) in [7, 11) is 1.64. The predicted octanol–water partition coefficient (Wildman–Crippen LogP) is 1.22. The third-order valence-corrected chi connectivity index (χ3v) is 2.52. The van der Waals surface area contributed by atoms with Gasteiger partial charge in [0, 0.05) is 12.3 Å². The van der Waals surface area contributed by atoms with Crippen molar-refractivity contribution in [2.75, 3.05) is 20.2 Å². The molecule has 0 aromatic carbocycles. The van der Waals surface area contributed by atoms with E-state index in [1.165, 1.54) is 0 Å². The molecule has 1 aromatic heterocycles. The molecule has 0 bridgehead atoms. The highest BCUT2D eigenvalue weighted by molar-refractivity contribution is 5.26. The molecule has 4 nitrogen and oxygen atoms in total. The lowest BCUT2D eigenvalue weighted by Crippen LogP contribution is -2.34. The topological polar surface area (TPSA) is 43.4 Å². The molecule has 0 amide bonds. The van der Waals surface area contributed by atoms with Gasteiger partial charge in [-0.1, -0.05) is 0 Å². The van der Waals surface area contributed by atoms with Crippen LogP contribution in [-0.2, 0) is 0 Å². The molecule has 82 valence electrons. The smallest absolute Gasteiger partial charge is 0.217 e. The molecule has 1 aromatic rings. The maximum Gasteiger partial charge on any atom is 0.217 e. The number of aromatic nitrogens is 1. The van der Waals surface area contributed by atoms with E-state index in [1.807, 2.05) is 12.1 Å². The van der Waals surface area contributed by atoms with Gasteiger partial charge in [-0.15, -0.1) is 0 Å². The van der Waals surface area contributed by atoms with Gasteiger partial charge in [-0.2, -0.15) is 0 Å². The fourth-order valence-electron chi connectivity index (χ4n) is 1.67. The van der Waals surface area contributed by atoms with Crippen LogP contribution in [-0.4, -0.2) is 31.3 Å². The molecule has 1 saturated heterocycles. The standard InChI is InChI=1S/C11H16N2O2/c1-14-10-4-7-13-11(8-10)15-9-2-5-12-6-3-9/h4,7-9,12H,2-3,5-6H2,1H3. The van der Waals surface area contributed by atoms with Gasteiger partial charge in [0.1, 0.15) is 11.9 Å². The first-order valence-electron chi connectivity index (χ1n) is 5.26. The molecule has 1 N–H and O–H groups in total. The van der Waals surface area contributed by atoms with E-state index in [4.69, 9.17) is 9.47 Å². The average molecular weight is 208 g/mol. The monoisotopic (exact) mass is 208 g/mol. The van der Waals surface area contributed by atoms with Gasteiger partial charge >= 0.3 is 0 Å². The van der Waals surface area contributed by atoms with Crippen molar-refractivity contribution in [2.45, 2.75) is 18.9 Å². The minimum absolute atomic E-state index is 0.283. The zero-order valence-corrected chi connectivity index (χ0v) is 8.90. The van der Waals surface area contributed by atoms with Crippen molar-refractivity contribution >= 4 is 0 Å². The Bertz CT molecular complexity index is 311. The fraction of sp³-hybridized carbons (Fsp3) is 0.545. The van der Waals surface area contributed by atoms with E-state index in [2.05, 4.69) is 10.3 Å². The van der Waals surface area contributed by atoms with Crippen molar-refractivity contribution in [3.63, 3.8) is 0 Å². The summed E-state index contributed by atoms with van der Waals surface area (Å²) in [5.41, 5.74) is 0. The van der Waals surface area contributed by atoms with Gasteiger partial charge < -0.3 is 14.8 Å². The van der Waals surface area contributed by atoms with Crippen molar-refractivity contribution in [1.29, 1.82) is 0 Å². The van der Waals surface area contributed by atoms with Crippen LogP contribution in [0.5, 0.6) is 11.6 Å². The average Bonchev–Trinajstić information content (AvgIpc) is 2.31. The third kappa shape index (κ3) is 2.83. The number of piperidine rings is 1. The van der Waals surface area contributed by atoms with Gasteiger partial charge in [-0.25, -0.2) is 4.98 Å². The SMILES string of the molecule is COc1ccnc(OC2CCNCC2)c1. The largest absolute Gasteiger partial charge is 0.497 e. The van der Waals surface area contributed by atoms with Crippen molar-refractivity contribution in [1.82, 2.24) is 10.3 Å². The Labute approximate surface area is 89.6 Å². The Balaban J connectivity index is 1.96. The number of methoxy groups -OCH3 is 1. The van der Waals surface area contributed by atoms with Crippen LogP contribution in [0.4, 0.5) is 0 Å². The van der Waals surface area contributed by atoms with E-state index in [0.29, 0.717) is 5.88 Å². The van der Waals surface area contributed by atoms with Gasteiger partial charge in [0.05, 0.1) is 7.11 Å². The van der Waals surface area contributed by atoms with Gasteiger partial charge in [-0.3, -0.25) is 0 Å². The number of pyridine rings is 1. The maximum absolute atomic E-state index is 5.77. The first kappa shape index (κ1) is 10.2. The van der Waals surface area contributed by atoms with Crippen molar-refractivity contribution in [2.24, 2.45) is 0 Å². The highest BCUT2D eigenvalue weighted by Gasteiger charge is 2.14. The second kappa shape index (κ2) is 4.98. The van der Waals surface area contributed by atoms with Crippen molar-refractivity contribution < 1.29 is 9.47 Å². The summed E-state index contributed by atoms with van der Waals surface area (Å²) in [6.45, 7) is 2.04. The molecule has 1 fully saturated rings. The molecule has 15 heavy (non-hydrogen) atoms. The number of nitrogens with one attached hydrogen (secondary N) is 1. The number of hydrogen-bond acceptors (Lipinski definition) is 4. The summed E-state index contributed by atoms with van der Waals surface area (Å²) in [4.78, 5) is 4.16. The third-order valence-electron chi connectivity index (χ3n) is 2.52. The Morgan fingerprint density at radius 2 is 2.20 bits per heavy atom. The first-order valence-corrected chi connectivity index (χ1v) is 5.26. The van der Waals surface area contributed by atoms with Gasteiger partial charge in [0.2, 0.25) is 5.88 Å². The Kier molecular flexibility index (Phi) is 3.40. The van der Waals surface area contributed by atoms with Crippen LogP contribution in [0.1, 0.15) is 12.8 Å². The van der Waals surface area contributed by atoms with Crippen LogP contribution in [0.25, 0.3) is 0 Å². The lowest BCUT2D eigenvalue weighted by atomic mass is 10.1. The minimum Gasteiger partial charge on any atom is -0.497 e. The molecule has 0 aliphatic carbocycles. The molecule has 0 atom stereocenters. The molecule has 1 aliphatic heterocycles. The fourth-order valence-corrected chi connectivity index (χ4v) is 1.67. The summed E-state index contributed by atoms with van der Waals surface area (Å²) in [5, 5.41) is 3.30. The zero-order valence-electron chi connectivity index (χ0n) is 8.90. The quantitative estimate of drug-likeness (QED) is 0.811. The Morgan fingerprint density at radius 3 is 2.93 bits per heavy atom.